The molecule has 0 saturated carbocycles. The van der Waals surface area contributed by atoms with Crippen LogP contribution in [0.2, 0.25) is 0 Å². The van der Waals surface area contributed by atoms with Gasteiger partial charge in [-0.3, -0.25) is 0 Å². The third-order valence-electron chi connectivity index (χ3n) is 3.22. The van der Waals surface area contributed by atoms with Gasteiger partial charge in [-0.15, -0.1) is 0 Å². The van der Waals surface area contributed by atoms with E-state index in [1.165, 1.54) is 11.1 Å². The van der Waals surface area contributed by atoms with E-state index in [9.17, 15) is 0 Å². The fourth-order valence-electron chi connectivity index (χ4n) is 2.09. The first-order valence-electron chi connectivity index (χ1n) is 7.20. The molecule has 0 aliphatic rings. The van der Waals surface area contributed by atoms with Crippen LogP contribution in [0.25, 0.3) is 0 Å². The summed E-state index contributed by atoms with van der Waals surface area (Å²) in [5.74, 6) is 1.01. The molecule has 0 amide bonds. The lowest BCUT2D eigenvalue weighted by Crippen LogP contribution is -2.18. The number of pyridine rings is 1. The molecular weight excluding hydrogens is 246 g/mol. The third-order valence-corrected chi connectivity index (χ3v) is 3.22. The van der Waals surface area contributed by atoms with E-state index < -0.39 is 0 Å². The van der Waals surface area contributed by atoms with Crippen molar-refractivity contribution in [3.05, 3.63) is 59.8 Å². The quantitative estimate of drug-likeness (QED) is 0.782. The van der Waals surface area contributed by atoms with Gasteiger partial charge in [-0.05, 0) is 30.2 Å². The highest BCUT2D eigenvalue weighted by Gasteiger charge is 2.03. The number of benzene rings is 1. The Bertz CT molecular complexity index is 493. The molecule has 0 unspecified atom stereocenters. The fraction of sp³-hybridized carbons (Fsp3) is 0.353. The Morgan fingerprint density at radius 2 is 1.85 bits per heavy atom. The van der Waals surface area contributed by atoms with Gasteiger partial charge in [0.25, 0.3) is 0 Å². The molecule has 106 valence electrons. The summed E-state index contributed by atoms with van der Waals surface area (Å²) in [6.07, 6.45) is 3.12. The summed E-state index contributed by atoms with van der Waals surface area (Å²) in [5.41, 5.74) is 2.53. The summed E-state index contributed by atoms with van der Waals surface area (Å²) in [5, 5.41) is 3.39. The van der Waals surface area contributed by atoms with Crippen molar-refractivity contribution in [2.45, 2.75) is 26.4 Å². The van der Waals surface area contributed by atoms with E-state index in [0.717, 1.165) is 31.9 Å². The van der Waals surface area contributed by atoms with Gasteiger partial charge in [0.2, 0.25) is 0 Å². The van der Waals surface area contributed by atoms with E-state index in [-0.39, 0.29) is 0 Å². The predicted molar refractivity (Wildman–Crippen MR) is 84.8 cm³/mol. The molecule has 0 atom stereocenters. The topological polar surface area (TPSA) is 28.2 Å². The lowest BCUT2D eigenvalue weighted by atomic mass is 10.2. The molecule has 2 rings (SSSR count). The summed E-state index contributed by atoms with van der Waals surface area (Å²) < 4.78 is 0. The van der Waals surface area contributed by atoms with E-state index in [0.29, 0.717) is 0 Å². The maximum Gasteiger partial charge on any atom is 0.128 e. The van der Waals surface area contributed by atoms with Gasteiger partial charge in [0.1, 0.15) is 5.82 Å². The maximum atomic E-state index is 4.54. The highest BCUT2D eigenvalue weighted by molar-refractivity contribution is 5.39. The SMILES string of the molecule is CCCNCc1ccc(N(C)Cc2ccccc2)nc1. The van der Waals surface area contributed by atoms with Gasteiger partial charge in [0, 0.05) is 26.3 Å². The molecule has 3 nitrogen and oxygen atoms in total. The van der Waals surface area contributed by atoms with Crippen LogP contribution in [0.3, 0.4) is 0 Å². The third kappa shape index (κ3) is 4.35. The number of hydrogen-bond acceptors (Lipinski definition) is 3. The minimum Gasteiger partial charge on any atom is -0.355 e. The van der Waals surface area contributed by atoms with Crippen LogP contribution in [0, 0.1) is 0 Å². The molecule has 2 aromatic rings. The Labute approximate surface area is 121 Å². The zero-order valence-electron chi connectivity index (χ0n) is 12.3. The molecule has 1 aromatic carbocycles. The Morgan fingerprint density at radius 3 is 2.50 bits per heavy atom. The lowest BCUT2D eigenvalue weighted by Gasteiger charge is -2.18. The number of aromatic nitrogens is 1. The van der Waals surface area contributed by atoms with Crippen LogP contribution in [0.5, 0.6) is 0 Å². The van der Waals surface area contributed by atoms with Gasteiger partial charge < -0.3 is 10.2 Å². The summed E-state index contributed by atoms with van der Waals surface area (Å²) in [6.45, 7) is 4.99. The molecule has 0 radical (unpaired) electrons. The molecule has 1 heterocycles. The molecule has 0 bridgehead atoms. The van der Waals surface area contributed by atoms with E-state index in [4.69, 9.17) is 0 Å². The highest BCUT2D eigenvalue weighted by atomic mass is 15.2. The van der Waals surface area contributed by atoms with Crippen LogP contribution in [-0.2, 0) is 13.1 Å². The molecule has 0 fully saturated rings. The minimum absolute atomic E-state index is 0.876. The van der Waals surface area contributed by atoms with Crippen molar-refractivity contribution in [3.8, 4) is 0 Å². The molecule has 3 heteroatoms. The van der Waals surface area contributed by atoms with Crippen molar-refractivity contribution < 1.29 is 0 Å². The second-order valence-electron chi connectivity index (χ2n) is 5.04. The summed E-state index contributed by atoms with van der Waals surface area (Å²) in [6, 6.07) is 14.7. The molecule has 1 N–H and O–H groups in total. The monoisotopic (exact) mass is 269 g/mol. The second-order valence-corrected chi connectivity index (χ2v) is 5.04. The van der Waals surface area contributed by atoms with Gasteiger partial charge in [-0.1, -0.05) is 43.3 Å². The smallest absolute Gasteiger partial charge is 0.128 e. The van der Waals surface area contributed by atoms with Crippen molar-refractivity contribution in [2.24, 2.45) is 0 Å². The van der Waals surface area contributed by atoms with Crippen molar-refractivity contribution in [1.29, 1.82) is 0 Å². The van der Waals surface area contributed by atoms with Gasteiger partial charge in [0.05, 0.1) is 0 Å². The molecule has 0 saturated heterocycles. The number of nitrogens with one attached hydrogen (secondary N) is 1. The van der Waals surface area contributed by atoms with E-state index in [2.05, 4.69) is 65.6 Å². The zero-order chi connectivity index (χ0) is 14.2. The lowest BCUT2D eigenvalue weighted by molar-refractivity contribution is 0.673. The van der Waals surface area contributed by atoms with Crippen molar-refractivity contribution in [2.75, 3.05) is 18.5 Å². The Hall–Kier alpha value is -1.87. The first-order chi connectivity index (χ1) is 9.79. The molecular formula is C17H23N3. The Balaban J connectivity index is 1.92. The van der Waals surface area contributed by atoms with Crippen molar-refractivity contribution in [1.82, 2.24) is 10.3 Å². The van der Waals surface area contributed by atoms with Crippen LogP contribution in [0.4, 0.5) is 5.82 Å². The summed E-state index contributed by atoms with van der Waals surface area (Å²) >= 11 is 0. The van der Waals surface area contributed by atoms with E-state index >= 15 is 0 Å². The summed E-state index contributed by atoms with van der Waals surface area (Å²) in [4.78, 5) is 6.70. The molecule has 1 aromatic heterocycles. The van der Waals surface area contributed by atoms with Gasteiger partial charge in [-0.25, -0.2) is 4.98 Å². The van der Waals surface area contributed by atoms with Crippen LogP contribution < -0.4 is 10.2 Å². The Kier molecular flexibility index (Phi) is 5.56. The van der Waals surface area contributed by atoms with Gasteiger partial charge >= 0.3 is 0 Å². The van der Waals surface area contributed by atoms with E-state index in [1.807, 2.05) is 12.3 Å². The highest BCUT2D eigenvalue weighted by Crippen LogP contribution is 2.13. The largest absolute Gasteiger partial charge is 0.355 e. The van der Waals surface area contributed by atoms with Crippen molar-refractivity contribution >= 4 is 5.82 Å². The van der Waals surface area contributed by atoms with Crippen LogP contribution in [0.15, 0.2) is 48.7 Å². The van der Waals surface area contributed by atoms with E-state index in [1.54, 1.807) is 0 Å². The van der Waals surface area contributed by atoms with Crippen LogP contribution >= 0.6 is 0 Å². The minimum atomic E-state index is 0.876. The standard InChI is InChI=1S/C17H23N3/c1-3-11-18-12-16-9-10-17(19-13-16)20(2)14-15-7-5-4-6-8-15/h4-10,13,18H,3,11-12,14H2,1-2H3. The maximum absolute atomic E-state index is 4.54. The average molecular weight is 269 g/mol. The van der Waals surface area contributed by atoms with Crippen molar-refractivity contribution in [3.63, 3.8) is 0 Å². The molecule has 0 aliphatic carbocycles. The zero-order valence-corrected chi connectivity index (χ0v) is 12.3. The van der Waals surface area contributed by atoms with Gasteiger partial charge in [-0.2, -0.15) is 0 Å². The number of nitrogens with zero attached hydrogens (tertiary/aromatic N) is 2. The number of hydrogen-bond donors (Lipinski definition) is 1. The summed E-state index contributed by atoms with van der Waals surface area (Å²) in [7, 11) is 2.07. The molecule has 0 aliphatic heterocycles. The Morgan fingerprint density at radius 1 is 1.05 bits per heavy atom. The van der Waals surface area contributed by atoms with Crippen LogP contribution in [-0.4, -0.2) is 18.6 Å². The fourth-order valence-corrected chi connectivity index (χ4v) is 2.09. The number of rotatable bonds is 7. The number of anilines is 1. The van der Waals surface area contributed by atoms with Crippen LogP contribution in [0.1, 0.15) is 24.5 Å². The van der Waals surface area contributed by atoms with Gasteiger partial charge in [0.15, 0.2) is 0 Å². The molecule has 0 spiro atoms. The predicted octanol–water partition coefficient (Wildman–Crippen LogP) is 3.22. The first-order valence-corrected chi connectivity index (χ1v) is 7.20. The first kappa shape index (κ1) is 14.5. The second kappa shape index (κ2) is 7.65. The normalized spacial score (nSPS) is 10.5. The average Bonchev–Trinajstić information content (AvgIpc) is 2.49. The molecule has 20 heavy (non-hydrogen) atoms.